The van der Waals surface area contributed by atoms with Crippen LogP contribution in [0.5, 0.6) is 0 Å². The highest BCUT2D eigenvalue weighted by atomic mass is 35.5. The van der Waals surface area contributed by atoms with Gasteiger partial charge >= 0.3 is 0 Å². The van der Waals surface area contributed by atoms with Gasteiger partial charge in [-0.05, 0) is 46.5 Å². The lowest BCUT2D eigenvalue weighted by Crippen LogP contribution is -2.33. The number of carbonyl (C=O) groups excluding carboxylic acids is 1. The lowest BCUT2D eigenvalue weighted by molar-refractivity contribution is -0.132. The molecule has 4 aromatic rings. The molecule has 4 heteroatoms. The Balaban J connectivity index is 1.40. The van der Waals surface area contributed by atoms with Gasteiger partial charge in [0.25, 0.3) is 0 Å². The molecule has 0 fully saturated rings. The van der Waals surface area contributed by atoms with Crippen molar-refractivity contribution < 1.29 is 4.79 Å². The second-order valence-corrected chi connectivity index (χ2v) is 8.79. The Labute approximate surface area is 201 Å². The third-order valence-electron chi connectivity index (χ3n) is 5.93. The van der Waals surface area contributed by atoms with E-state index in [-0.39, 0.29) is 11.9 Å². The topological polar surface area (TPSA) is 32.3 Å². The SMILES string of the molecule is C[C@@H](NCCC(=O)N(Cc1ccccc1)Cc1ccc(Cl)cc1)c1cccc2ccccc12. The number of amides is 1. The van der Waals surface area contributed by atoms with Gasteiger partial charge in [-0.3, -0.25) is 4.79 Å². The van der Waals surface area contributed by atoms with Gasteiger partial charge in [0.05, 0.1) is 0 Å². The van der Waals surface area contributed by atoms with Crippen molar-refractivity contribution in [2.45, 2.75) is 32.5 Å². The van der Waals surface area contributed by atoms with E-state index in [0.29, 0.717) is 31.1 Å². The Morgan fingerprint density at radius 3 is 2.21 bits per heavy atom. The molecule has 0 radical (unpaired) electrons. The molecule has 0 aliphatic rings. The van der Waals surface area contributed by atoms with Crippen molar-refractivity contribution in [3.63, 3.8) is 0 Å². The molecule has 0 spiro atoms. The van der Waals surface area contributed by atoms with Crippen molar-refractivity contribution >= 4 is 28.3 Å². The summed E-state index contributed by atoms with van der Waals surface area (Å²) in [6, 6.07) is 32.8. The third kappa shape index (κ3) is 6.22. The summed E-state index contributed by atoms with van der Waals surface area (Å²) in [6.45, 7) is 3.92. The number of hydrogen-bond acceptors (Lipinski definition) is 2. The van der Waals surface area contributed by atoms with Crippen LogP contribution in [-0.4, -0.2) is 17.4 Å². The molecule has 0 aromatic heterocycles. The van der Waals surface area contributed by atoms with Gasteiger partial charge in [-0.2, -0.15) is 0 Å². The molecule has 0 saturated carbocycles. The van der Waals surface area contributed by atoms with Crippen LogP contribution in [0.15, 0.2) is 97.1 Å². The number of carbonyl (C=O) groups is 1. The van der Waals surface area contributed by atoms with Crippen LogP contribution >= 0.6 is 11.6 Å². The Morgan fingerprint density at radius 1 is 0.818 bits per heavy atom. The van der Waals surface area contributed by atoms with Crippen LogP contribution in [0, 0.1) is 0 Å². The standard InChI is InChI=1S/C29H29ClN2O/c1-22(27-13-7-11-25-10-5-6-12-28(25)27)31-19-18-29(33)32(20-23-8-3-2-4-9-23)21-24-14-16-26(30)17-15-24/h2-17,22,31H,18-21H2,1H3/t22-/m1/s1. The first-order chi connectivity index (χ1) is 16.1. The smallest absolute Gasteiger partial charge is 0.224 e. The van der Waals surface area contributed by atoms with Gasteiger partial charge in [0, 0.05) is 37.1 Å². The number of hydrogen-bond donors (Lipinski definition) is 1. The lowest BCUT2D eigenvalue weighted by atomic mass is 9.99. The number of nitrogens with zero attached hydrogens (tertiary/aromatic N) is 1. The van der Waals surface area contributed by atoms with Gasteiger partial charge in [0.2, 0.25) is 5.91 Å². The Kier molecular flexibility index (Phi) is 7.77. The number of nitrogens with one attached hydrogen (secondary N) is 1. The summed E-state index contributed by atoms with van der Waals surface area (Å²) in [6.07, 6.45) is 0.440. The maximum Gasteiger partial charge on any atom is 0.224 e. The van der Waals surface area contributed by atoms with Gasteiger partial charge in [-0.15, -0.1) is 0 Å². The first kappa shape index (κ1) is 23.0. The van der Waals surface area contributed by atoms with Crippen molar-refractivity contribution in [2.24, 2.45) is 0 Å². The van der Waals surface area contributed by atoms with Gasteiger partial charge in [0.15, 0.2) is 0 Å². The fourth-order valence-corrected chi connectivity index (χ4v) is 4.26. The summed E-state index contributed by atoms with van der Waals surface area (Å²) in [5.74, 6) is 0.131. The summed E-state index contributed by atoms with van der Waals surface area (Å²) < 4.78 is 0. The van der Waals surface area contributed by atoms with E-state index in [1.807, 2.05) is 47.4 Å². The molecule has 33 heavy (non-hydrogen) atoms. The molecule has 1 amide bonds. The zero-order valence-electron chi connectivity index (χ0n) is 18.9. The highest BCUT2D eigenvalue weighted by Gasteiger charge is 2.16. The van der Waals surface area contributed by atoms with Crippen LogP contribution in [0.3, 0.4) is 0 Å². The van der Waals surface area contributed by atoms with E-state index < -0.39 is 0 Å². The molecule has 4 aromatic carbocycles. The molecule has 0 bridgehead atoms. The van der Waals surface area contributed by atoms with E-state index >= 15 is 0 Å². The first-order valence-corrected chi connectivity index (χ1v) is 11.7. The second-order valence-electron chi connectivity index (χ2n) is 8.36. The monoisotopic (exact) mass is 456 g/mol. The van der Waals surface area contributed by atoms with Crippen molar-refractivity contribution in [1.29, 1.82) is 0 Å². The van der Waals surface area contributed by atoms with E-state index in [1.54, 1.807) is 0 Å². The number of rotatable bonds is 9. The molecule has 1 N–H and O–H groups in total. The van der Waals surface area contributed by atoms with Crippen LogP contribution in [0.25, 0.3) is 10.8 Å². The van der Waals surface area contributed by atoms with Gasteiger partial charge < -0.3 is 10.2 Å². The van der Waals surface area contributed by atoms with Crippen molar-refractivity contribution in [3.8, 4) is 0 Å². The third-order valence-corrected chi connectivity index (χ3v) is 6.19. The molecule has 0 aliphatic carbocycles. The maximum absolute atomic E-state index is 13.2. The average molecular weight is 457 g/mol. The van der Waals surface area contributed by atoms with Crippen LogP contribution in [0.1, 0.15) is 36.1 Å². The van der Waals surface area contributed by atoms with Gasteiger partial charge in [0.1, 0.15) is 0 Å². The fraction of sp³-hybridized carbons (Fsp3) is 0.207. The molecular formula is C29H29ClN2O. The van der Waals surface area contributed by atoms with Crippen LogP contribution < -0.4 is 5.32 Å². The summed E-state index contributed by atoms with van der Waals surface area (Å²) in [5.41, 5.74) is 3.44. The fourth-order valence-electron chi connectivity index (χ4n) is 4.14. The van der Waals surface area contributed by atoms with Crippen molar-refractivity contribution in [1.82, 2.24) is 10.2 Å². The highest BCUT2D eigenvalue weighted by Crippen LogP contribution is 2.24. The Hall–Kier alpha value is -3.14. The summed E-state index contributed by atoms with van der Waals surface area (Å²) >= 11 is 6.04. The average Bonchev–Trinajstić information content (AvgIpc) is 2.85. The van der Waals surface area contributed by atoms with Crippen LogP contribution in [-0.2, 0) is 17.9 Å². The molecule has 4 rings (SSSR count). The van der Waals surface area contributed by atoms with E-state index in [0.717, 1.165) is 11.1 Å². The van der Waals surface area contributed by atoms with Crippen molar-refractivity contribution in [2.75, 3.05) is 6.54 Å². The van der Waals surface area contributed by atoms with Crippen molar-refractivity contribution in [3.05, 3.63) is 119 Å². The van der Waals surface area contributed by atoms with Gasteiger partial charge in [-0.1, -0.05) is 96.5 Å². The highest BCUT2D eigenvalue weighted by molar-refractivity contribution is 6.30. The quantitative estimate of drug-likeness (QED) is 0.301. The molecule has 1 atom stereocenters. The predicted octanol–water partition coefficient (Wildman–Crippen LogP) is 6.76. The molecule has 3 nitrogen and oxygen atoms in total. The minimum absolute atomic E-state index is 0.131. The maximum atomic E-state index is 13.2. The van der Waals surface area contributed by atoms with Crippen LogP contribution in [0.2, 0.25) is 5.02 Å². The summed E-state index contributed by atoms with van der Waals surface area (Å²) in [4.78, 5) is 15.1. The molecular weight excluding hydrogens is 428 g/mol. The Morgan fingerprint density at radius 2 is 1.45 bits per heavy atom. The van der Waals surface area contributed by atoms with E-state index in [2.05, 4.69) is 66.8 Å². The normalized spacial score (nSPS) is 11.9. The van der Waals surface area contributed by atoms with E-state index in [1.165, 1.54) is 16.3 Å². The number of halogens is 1. The molecule has 168 valence electrons. The Bertz CT molecular complexity index is 1190. The van der Waals surface area contributed by atoms with Gasteiger partial charge in [-0.25, -0.2) is 0 Å². The summed E-state index contributed by atoms with van der Waals surface area (Å²) in [7, 11) is 0. The predicted molar refractivity (Wildman–Crippen MR) is 137 cm³/mol. The molecule has 0 heterocycles. The zero-order valence-corrected chi connectivity index (χ0v) is 19.6. The van der Waals surface area contributed by atoms with E-state index in [4.69, 9.17) is 11.6 Å². The minimum Gasteiger partial charge on any atom is -0.334 e. The summed E-state index contributed by atoms with van der Waals surface area (Å²) in [5, 5.41) is 6.73. The second kappa shape index (κ2) is 11.1. The van der Waals surface area contributed by atoms with E-state index in [9.17, 15) is 4.79 Å². The van der Waals surface area contributed by atoms with Crippen LogP contribution in [0.4, 0.5) is 0 Å². The zero-order chi connectivity index (χ0) is 23.0. The lowest BCUT2D eigenvalue weighted by Gasteiger charge is -2.24. The largest absolute Gasteiger partial charge is 0.334 e. The number of benzene rings is 4. The minimum atomic E-state index is 0.131. The molecule has 0 aliphatic heterocycles. The molecule has 0 saturated heterocycles. The number of fused-ring (bicyclic) bond motifs is 1. The molecule has 0 unspecified atom stereocenters. The first-order valence-electron chi connectivity index (χ1n) is 11.4.